The van der Waals surface area contributed by atoms with Gasteiger partial charge in [-0.1, -0.05) is 32.9 Å². The van der Waals surface area contributed by atoms with Crippen LogP contribution in [0, 0.1) is 17.7 Å². The SMILES string of the molecule is CC(C)C(C)CC(=O)N1CCNCC1c1cccc(F)c1. The molecule has 0 bridgehead atoms. The van der Waals surface area contributed by atoms with Gasteiger partial charge in [0.05, 0.1) is 6.04 Å². The molecule has 116 valence electrons. The van der Waals surface area contributed by atoms with E-state index in [1.807, 2.05) is 11.0 Å². The van der Waals surface area contributed by atoms with Crippen molar-refractivity contribution >= 4 is 5.91 Å². The summed E-state index contributed by atoms with van der Waals surface area (Å²) in [6.07, 6.45) is 0.559. The van der Waals surface area contributed by atoms with Crippen LogP contribution in [-0.4, -0.2) is 30.4 Å². The van der Waals surface area contributed by atoms with Crippen molar-refractivity contribution in [3.8, 4) is 0 Å². The number of halogens is 1. The Labute approximate surface area is 126 Å². The number of rotatable bonds is 4. The van der Waals surface area contributed by atoms with Crippen LogP contribution in [0.3, 0.4) is 0 Å². The normalized spacial score (nSPS) is 20.6. The maximum absolute atomic E-state index is 13.4. The smallest absolute Gasteiger partial charge is 0.223 e. The van der Waals surface area contributed by atoms with E-state index in [-0.39, 0.29) is 17.8 Å². The van der Waals surface area contributed by atoms with Crippen LogP contribution in [-0.2, 0) is 4.79 Å². The van der Waals surface area contributed by atoms with Gasteiger partial charge in [0.15, 0.2) is 0 Å². The Bertz CT molecular complexity index is 489. The first kappa shape index (κ1) is 16.0. The van der Waals surface area contributed by atoms with Crippen LogP contribution in [0.25, 0.3) is 0 Å². The maximum Gasteiger partial charge on any atom is 0.223 e. The van der Waals surface area contributed by atoms with Gasteiger partial charge in [-0.2, -0.15) is 0 Å². The number of benzene rings is 1. The van der Waals surface area contributed by atoms with E-state index in [4.69, 9.17) is 0 Å². The van der Waals surface area contributed by atoms with Crippen molar-refractivity contribution in [3.63, 3.8) is 0 Å². The quantitative estimate of drug-likeness (QED) is 0.925. The van der Waals surface area contributed by atoms with E-state index in [9.17, 15) is 9.18 Å². The van der Waals surface area contributed by atoms with E-state index < -0.39 is 0 Å². The summed E-state index contributed by atoms with van der Waals surface area (Å²) < 4.78 is 13.4. The van der Waals surface area contributed by atoms with Crippen LogP contribution in [0.5, 0.6) is 0 Å². The molecule has 0 aliphatic carbocycles. The van der Waals surface area contributed by atoms with E-state index in [1.165, 1.54) is 12.1 Å². The van der Waals surface area contributed by atoms with Gasteiger partial charge in [0.25, 0.3) is 0 Å². The molecule has 1 aromatic rings. The molecule has 1 aromatic carbocycles. The Balaban J connectivity index is 2.13. The number of piperazine rings is 1. The Hall–Kier alpha value is -1.42. The molecule has 2 rings (SSSR count). The molecule has 21 heavy (non-hydrogen) atoms. The molecule has 1 aliphatic rings. The minimum atomic E-state index is -0.249. The van der Waals surface area contributed by atoms with Gasteiger partial charge in [0, 0.05) is 26.1 Å². The number of amides is 1. The number of carbonyl (C=O) groups excluding carboxylic acids is 1. The second-order valence-electron chi connectivity index (χ2n) is 6.29. The minimum absolute atomic E-state index is 0.0682. The average Bonchev–Trinajstić information content (AvgIpc) is 2.47. The van der Waals surface area contributed by atoms with Crippen LogP contribution in [0.4, 0.5) is 4.39 Å². The van der Waals surface area contributed by atoms with Crippen molar-refractivity contribution in [3.05, 3.63) is 35.6 Å². The standard InChI is InChI=1S/C17H25FN2O/c1-12(2)13(3)9-17(21)20-8-7-19-11-16(20)14-5-4-6-15(18)10-14/h4-6,10,12-13,16,19H,7-9,11H2,1-3H3. The predicted octanol–water partition coefficient (Wildman–Crippen LogP) is 2.98. The monoisotopic (exact) mass is 292 g/mol. The molecular weight excluding hydrogens is 267 g/mol. The lowest BCUT2D eigenvalue weighted by Crippen LogP contribution is -2.49. The van der Waals surface area contributed by atoms with E-state index in [0.29, 0.717) is 31.3 Å². The zero-order valence-corrected chi connectivity index (χ0v) is 13.1. The van der Waals surface area contributed by atoms with Crippen molar-refractivity contribution in [1.29, 1.82) is 0 Å². The summed E-state index contributed by atoms with van der Waals surface area (Å²) in [6.45, 7) is 8.56. The second-order valence-corrected chi connectivity index (χ2v) is 6.29. The van der Waals surface area contributed by atoms with Gasteiger partial charge < -0.3 is 10.2 Å². The third-order valence-electron chi connectivity index (χ3n) is 4.43. The Morgan fingerprint density at radius 3 is 2.86 bits per heavy atom. The molecule has 4 heteroatoms. The summed E-state index contributed by atoms with van der Waals surface area (Å²) in [6, 6.07) is 6.50. The average molecular weight is 292 g/mol. The molecule has 1 aliphatic heterocycles. The number of carbonyl (C=O) groups is 1. The third kappa shape index (κ3) is 4.03. The van der Waals surface area contributed by atoms with E-state index in [0.717, 1.165) is 12.1 Å². The fraction of sp³-hybridized carbons (Fsp3) is 0.588. The van der Waals surface area contributed by atoms with Crippen LogP contribution < -0.4 is 5.32 Å². The molecule has 3 nitrogen and oxygen atoms in total. The lowest BCUT2D eigenvalue weighted by molar-refractivity contribution is -0.135. The molecule has 1 saturated heterocycles. The largest absolute Gasteiger partial charge is 0.333 e. The molecular formula is C17H25FN2O. The van der Waals surface area contributed by atoms with E-state index in [2.05, 4.69) is 26.1 Å². The zero-order valence-electron chi connectivity index (χ0n) is 13.1. The summed E-state index contributed by atoms with van der Waals surface area (Å²) in [5.74, 6) is 0.776. The highest BCUT2D eigenvalue weighted by atomic mass is 19.1. The molecule has 2 unspecified atom stereocenters. The minimum Gasteiger partial charge on any atom is -0.333 e. The predicted molar refractivity (Wildman–Crippen MR) is 82.3 cm³/mol. The first-order chi connectivity index (χ1) is 9.99. The maximum atomic E-state index is 13.4. The van der Waals surface area contributed by atoms with Gasteiger partial charge in [-0.05, 0) is 29.5 Å². The number of hydrogen-bond donors (Lipinski definition) is 1. The lowest BCUT2D eigenvalue weighted by Gasteiger charge is -2.37. The fourth-order valence-corrected chi connectivity index (χ4v) is 2.64. The topological polar surface area (TPSA) is 32.3 Å². The highest BCUT2D eigenvalue weighted by Gasteiger charge is 2.29. The molecule has 0 radical (unpaired) electrons. The summed E-state index contributed by atoms with van der Waals surface area (Å²) >= 11 is 0. The van der Waals surface area contributed by atoms with Crippen molar-refractivity contribution in [2.24, 2.45) is 11.8 Å². The van der Waals surface area contributed by atoms with Gasteiger partial charge in [0.2, 0.25) is 5.91 Å². The van der Waals surface area contributed by atoms with Crippen LogP contribution >= 0.6 is 0 Å². The third-order valence-corrected chi connectivity index (χ3v) is 4.43. The highest BCUT2D eigenvalue weighted by molar-refractivity contribution is 5.77. The summed E-state index contributed by atoms with van der Waals surface area (Å²) in [5.41, 5.74) is 0.868. The number of nitrogens with one attached hydrogen (secondary N) is 1. The fourth-order valence-electron chi connectivity index (χ4n) is 2.64. The molecule has 0 aromatic heterocycles. The Kier molecular flexibility index (Phi) is 5.34. The van der Waals surface area contributed by atoms with Crippen LogP contribution in [0.2, 0.25) is 0 Å². The molecule has 1 heterocycles. The van der Waals surface area contributed by atoms with Gasteiger partial charge in [-0.15, -0.1) is 0 Å². The molecule has 1 N–H and O–H groups in total. The van der Waals surface area contributed by atoms with Gasteiger partial charge in [-0.3, -0.25) is 4.79 Å². The Morgan fingerprint density at radius 1 is 1.43 bits per heavy atom. The summed E-state index contributed by atoms with van der Waals surface area (Å²) in [4.78, 5) is 14.5. The molecule has 1 fully saturated rings. The van der Waals surface area contributed by atoms with Crippen LogP contribution in [0.1, 0.15) is 38.8 Å². The first-order valence-electron chi connectivity index (χ1n) is 7.74. The Morgan fingerprint density at radius 2 is 2.19 bits per heavy atom. The van der Waals surface area contributed by atoms with Crippen LogP contribution in [0.15, 0.2) is 24.3 Å². The first-order valence-corrected chi connectivity index (χ1v) is 7.74. The lowest BCUT2D eigenvalue weighted by atomic mass is 9.93. The van der Waals surface area contributed by atoms with Crippen molar-refractivity contribution in [1.82, 2.24) is 10.2 Å². The summed E-state index contributed by atoms with van der Waals surface area (Å²) in [7, 11) is 0. The van der Waals surface area contributed by atoms with Crippen molar-refractivity contribution in [2.75, 3.05) is 19.6 Å². The summed E-state index contributed by atoms with van der Waals surface area (Å²) in [5, 5.41) is 3.30. The highest BCUT2D eigenvalue weighted by Crippen LogP contribution is 2.25. The van der Waals surface area contributed by atoms with Gasteiger partial charge in [-0.25, -0.2) is 4.39 Å². The van der Waals surface area contributed by atoms with Gasteiger partial charge >= 0.3 is 0 Å². The molecule has 0 saturated carbocycles. The molecule has 1 amide bonds. The zero-order chi connectivity index (χ0) is 15.4. The van der Waals surface area contributed by atoms with Crippen molar-refractivity contribution in [2.45, 2.75) is 33.2 Å². The van der Waals surface area contributed by atoms with E-state index in [1.54, 1.807) is 6.07 Å². The molecule has 2 atom stereocenters. The second kappa shape index (κ2) is 7.03. The van der Waals surface area contributed by atoms with Gasteiger partial charge in [0.1, 0.15) is 5.82 Å². The number of hydrogen-bond acceptors (Lipinski definition) is 2. The van der Waals surface area contributed by atoms with E-state index >= 15 is 0 Å². The number of nitrogens with zero attached hydrogens (tertiary/aromatic N) is 1. The molecule has 0 spiro atoms. The van der Waals surface area contributed by atoms with Crippen molar-refractivity contribution < 1.29 is 9.18 Å².